The molecule has 1 aromatic rings. The van der Waals surface area contributed by atoms with Crippen LogP contribution in [-0.4, -0.2) is 52.2 Å². The summed E-state index contributed by atoms with van der Waals surface area (Å²) in [5.41, 5.74) is 1.91. The van der Waals surface area contributed by atoms with Crippen molar-refractivity contribution in [3.63, 3.8) is 0 Å². The van der Waals surface area contributed by atoms with Crippen LogP contribution in [-0.2, 0) is 17.8 Å². The number of carbonyl (C=O) groups excluding carboxylic acids is 1. The smallest absolute Gasteiger partial charge is 0.408 e. The number of alkyl halides is 1. The van der Waals surface area contributed by atoms with E-state index in [1.807, 2.05) is 24.3 Å². The molecular weight excluding hydrogens is 275 g/mol. The number of halogens is 1. The number of carbonyl (C=O) groups is 2. The number of benzene rings is 1. The highest BCUT2D eigenvalue weighted by atomic mass is 19.1. The summed E-state index contributed by atoms with van der Waals surface area (Å²) in [5, 5.41) is 9.36. The highest BCUT2D eigenvalue weighted by Crippen LogP contribution is 2.26. The molecule has 0 unspecified atom stereocenters. The van der Waals surface area contributed by atoms with Crippen molar-refractivity contribution in [3.8, 4) is 0 Å². The van der Waals surface area contributed by atoms with Gasteiger partial charge in [-0.25, -0.2) is 9.18 Å². The average Bonchev–Trinajstić information content (AvgIpc) is 2.91. The van der Waals surface area contributed by atoms with Crippen molar-refractivity contribution in [1.29, 1.82) is 0 Å². The van der Waals surface area contributed by atoms with Crippen LogP contribution < -0.4 is 0 Å². The molecule has 5 nitrogen and oxygen atoms in total. The van der Waals surface area contributed by atoms with Gasteiger partial charge in [-0.1, -0.05) is 24.3 Å². The van der Waals surface area contributed by atoms with Gasteiger partial charge < -0.3 is 10.0 Å². The lowest BCUT2D eigenvalue weighted by Crippen LogP contribution is -2.53. The van der Waals surface area contributed by atoms with Gasteiger partial charge in [0.25, 0.3) is 0 Å². The number of rotatable bonds is 1. The lowest BCUT2D eigenvalue weighted by Gasteiger charge is -2.35. The molecule has 0 radical (unpaired) electrons. The quantitative estimate of drug-likeness (QED) is 0.856. The molecule has 2 heterocycles. The van der Waals surface area contributed by atoms with Gasteiger partial charge in [0.1, 0.15) is 12.2 Å². The average molecular weight is 292 g/mol. The molecule has 0 spiro atoms. The van der Waals surface area contributed by atoms with Gasteiger partial charge in [-0.3, -0.25) is 9.69 Å². The maximum Gasteiger partial charge on any atom is 0.408 e. The Kier molecular flexibility index (Phi) is 3.53. The number of nitrogens with zero attached hydrogens (tertiary/aromatic N) is 2. The summed E-state index contributed by atoms with van der Waals surface area (Å²) in [6, 6.07) is 6.78. The van der Waals surface area contributed by atoms with Gasteiger partial charge in [0.05, 0.1) is 13.1 Å². The minimum Gasteiger partial charge on any atom is -0.465 e. The van der Waals surface area contributed by atoms with Crippen LogP contribution in [0.15, 0.2) is 24.3 Å². The topological polar surface area (TPSA) is 60.9 Å². The monoisotopic (exact) mass is 292 g/mol. The zero-order chi connectivity index (χ0) is 15.0. The molecule has 0 saturated carbocycles. The van der Waals surface area contributed by atoms with Crippen molar-refractivity contribution in [2.75, 3.05) is 13.1 Å². The number of likely N-dealkylation sites (tertiary alicyclic amines) is 1. The Morgan fingerprint density at radius 2 is 1.95 bits per heavy atom. The lowest BCUT2D eigenvalue weighted by molar-refractivity contribution is -0.136. The highest BCUT2D eigenvalue weighted by molar-refractivity contribution is 5.86. The van der Waals surface area contributed by atoms with E-state index in [4.69, 9.17) is 0 Å². The zero-order valence-electron chi connectivity index (χ0n) is 11.5. The minimum absolute atomic E-state index is 0.0738. The molecule has 0 aliphatic carbocycles. The van der Waals surface area contributed by atoms with Crippen LogP contribution >= 0.6 is 0 Å². The molecule has 2 amide bonds. The van der Waals surface area contributed by atoms with Crippen molar-refractivity contribution in [2.45, 2.75) is 31.6 Å². The first-order valence-corrected chi connectivity index (χ1v) is 7.05. The minimum atomic E-state index is -1.11. The Morgan fingerprint density at radius 3 is 2.57 bits per heavy atom. The summed E-state index contributed by atoms with van der Waals surface area (Å²) < 4.78 is 13.3. The molecule has 2 atom stereocenters. The summed E-state index contributed by atoms with van der Waals surface area (Å²) in [5.74, 6) is -0.285. The Balaban J connectivity index is 1.85. The maximum absolute atomic E-state index is 13.3. The molecule has 1 aromatic carbocycles. The molecule has 2 aliphatic rings. The lowest BCUT2D eigenvalue weighted by atomic mass is 9.93. The van der Waals surface area contributed by atoms with Crippen LogP contribution in [0, 0.1) is 0 Å². The SMILES string of the molecule is O=C([C@@H]1Cc2ccccc2CN1C(=O)O)N1CC[C@@H](F)C1. The van der Waals surface area contributed by atoms with E-state index >= 15 is 0 Å². The number of fused-ring (bicyclic) bond motifs is 1. The zero-order valence-corrected chi connectivity index (χ0v) is 11.5. The van der Waals surface area contributed by atoms with Gasteiger partial charge in [0, 0.05) is 13.0 Å². The van der Waals surface area contributed by atoms with Crippen molar-refractivity contribution in [2.24, 2.45) is 0 Å². The van der Waals surface area contributed by atoms with Crippen LogP contribution in [0.1, 0.15) is 17.5 Å². The summed E-state index contributed by atoms with van der Waals surface area (Å²) >= 11 is 0. The van der Waals surface area contributed by atoms with Crippen LogP contribution in [0.25, 0.3) is 0 Å². The van der Waals surface area contributed by atoms with Crippen molar-refractivity contribution in [3.05, 3.63) is 35.4 Å². The molecule has 3 rings (SSSR count). The Bertz CT molecular complexity index is 578. The molecule has 1 fully saturated rings. The third-order valence-electron chi connectivity index (χ3n) is 4.22. The normalized spacial score (nSPS) is 24.8. The van der Waals surface area contributed by atoms with Crippen LogP contribution in [0.2, 0.25) is 0 Å². The Labute approximate surface area is 122 Å². The van der Waals surface area contributed by atoms with E-state index in [1.165, 1.54) is 4.90 Å². The molecular formula is C15H17FN2O3. The molecule has 2 aliphatic heterocycles. The fourth-order valence-electron chi connectivity index (χ4n) is 3.07. The van der Waals surface area contributed by atoms with Crippen molar-refractivity contribution < 1.29 is 19.1 Å². The third kappa shape index (κ3) is 2.57. The molecule has 0 aromatic heterocycles. The van der Waals surface area contributed by atoms with E-state index < -0.39 is 18.3 Å². The van der Waals surface area contributed by atoms with Crippen LogP contribution in [0.4, 0.5) is 9.18 Å². The van der Waals surface area contributed by atoms with Crippen molar-refractivity contribution in [1.82, 2.24) is 9.80 Å². The second-order valence-electron chi connectivity index (χ2n) is 5.57. The van der Waals surface area contributed by atoms with Gasteiger partial charge in [-0.15, -0.1) is 0 Å². The molecule has 1 saturated heterocycles. The fraction of sp³-hybridized carbons (Fsp3) is 0.467. The Hall–Kier alpha value is -2.11. The van der Waals surface area contributed by atoms with Crippen LogP contribution in [0.5, 0.6) is 0 Å². The maximum atomic E-state index is 13.3. The van der Waals surface area contributed by atoms with Gasteiger partial charge in [-0.2, -0.15) is 0 Å². The number of hydrogen-bond donors (Lipinski definition) is 1. The largest absolute Gasteiger partial charge is 0.465 e. The van der Waals surface area contributed by atoms with E-state index in [0.29, 0.717) is 19.4 Å². The summed E-state index contributed by atoms with van der Waals surface area (Å²) in [7, 11) is 0. The number of amides is 2. The summed E-state index contributed by atoms with van der Waals surface area (Å²) in [4.78, 5) is 26.6. The van der Waals surface area contributed by atoms with Crippen LogP contribution in [0.3, 0.4) is 0 Å². The van der Waals surface area contributed by atoms with E-state index in [-0.39, 0.29) is 19.0 Å². The molecule has 0 bridgehead atoms. The second kappa shape index (κ2) is 5.35. The van der Waals surface area contributed by atoms with E-state index in [2.05, 4.69) is 0 Å². The molecule has 21 heavy (non-hydrogen) atoms. The predicted molar refractivity (Wildman–Crippen MR) is 73.6 cm³/mol. The second-order valence-corrected chi connectivity index (χ2v) is 5.57. The Morgan fingerprint density at radius 1 is 1.24 bits per heavy atom. The highest BCUT2D eigenvalue weighted by Gasteiger charge is 2.38. The number of hydrogen-bond acceptors (Lipinski definition) is 2. The standard InChI is InChI=1S/C15H17FN2O3/c16-12-5-6-17(9-12)14(19)13-7-10-3-1-2-4-11(10)8-18(13)15(20)21/h1-4,12-13H,5-9H2,(H,20,21)/t12-,13+/m1/s1. The first kappa shape index (κ1) is 13.9. The molecule has 112 valence electrons. The first-order valence-electron chi connectivity index (χ1n) is 7.05. The van der Waals surface area contributed by atoms with Gasteiger partial charge in [-0.05, 0) is 17.5 Å². The molecule has 6 heteroatoms. The number of carboxylic acid groups (broad SMARTS) is 1. The predicted octanol–water partition coefficient (Wildman–Crippen LogP) is 1.66. The summed E-state index contributed by atoms with van der Waals surface area (Å²) in [6.07, 6.45) is -1.42. The first-order chi connectivity index (χ1) is 10.1. The fourth-order valence-corrected chi connectivity index (χ4v) is 3.07. The van der Waals surface area contributed by atoms with Crippen molar-refractivity contribution >= 4 is 12.0 Å². The summed E-state index contributed by atoms with van der Waals surface area (Å²) in [6.45, 7) is 0.644. The van der Waals surface area contributed by atoms with Gasteiger partial charge in [0.15, 0.2) is 0 Å². The van der Waals surface area contributed by atoms with Gasteiger partial charge >= 0.3 is 6.09 Å². The van der Waals surface area contributed by atoms with E-state index in [0.717, 1.165) is 16.0 Å². The third-order valence-corrected chi connectivity index (χ3v) is 4.22. The molecule has 1 N–H and O–H groups in total. The van der Waals surface area contributed by atoms with E-state index in [9.17, 15) is 19.1 Å². The van der Waals surface area contributed by atoms with Gasteiger partial charge in [0.2, 0.25) is 5.91 Å². The van der Waals surface area contributed by atoms with E-state index in [1.54, 1.807) is 0 Å².